The molecule has 2 N–H and O–H groups in total. The molecule has 2 aliphatic carbocycles. The average Bonchev–Trinajstić information content (AvgIpc) is 2.73. The van der Waals surface area contributed by atoms with Crippen molar-refractivity contribution in [1.29, 1.82) is 0 Å². The Hall–Kier alpha value is -1.17. The van der Waals surface area contributed by atoms with Crippen LogP contribution < -0.4 is 0 Å². The topological polar surface area (TPSA) is 79.3 Å². The number of aliphatic hydroxyl groups is 2. The van der Waals surface area contributed by atoms with Gasteiger partial charge >= 0.3 is 5.97 Å². The summed E-state index contributed by atoms with van der Waals surface area (Å²) >= 11 is 0. The molecule has 0 aromatic rings. The van der Waals surface area contributed by atoms with Crippen LogP contribution in [0.1, 0.15) is 20.3 Å². The normalized spacial score (nSPS) is 56.4. The molecule has 4 aliphatic rings. The van der Waals surface area contributed by atoms with Crippen LogP contribution in [-0.2, 0) is 14.3 Å². The van der Waals surface area contributed by atoms with Gasteiger partial charge in [0.05, 0.1) is 17.9 Å². The first-order valence-electron chi connectivity index (χ1n) is 6.96. The Balaban J connectivity index is 1.86. The van der Waals surface area contributed by atoms with Gasteiger partial charge in [0.25, 0.3) is 0 Å². The summed E-state index contributed by atoms with van der Waals surface area (Å²) in [5, 5.41) is 20.8. The predicted octanol–water partition coefficient (Wildman–Crippen LogP) is 0.313. The van der Waals surface area contributed by atoms with E-state index in [1.54, 1.807) is 6.08 Å². The molecule has 3 fully saturated rings. The lowest BCUT2D eigenvalue weighted by Crippen LogP contribution is -2.43. The molecular formula is C15H18O5. The molecule has 5 heteroatoms. The molecule has 2 heterocycles. The van der Waals surface area contributed by atoms with E-state index in [2.05, 4.69) is 6.58 Å². The molecule has 7 atom stereocenters. The number of hydrogen-bond acceptors (Lipinski definition) is 5. The lowest BCUT2D eigenvalue weighted by atomic mass is 9.77. The van der Waals surface area contributed by atoms with Crippen LogP contribution >= 0.6 is 0 Å². The molecular weight excluding hydrogens is 260 g/mol. The summed E-state index contributed by atoms with van der Waals surface area (Å²) in [6, 6.07) is 0. The number of epoxide rings is 1. The molecule has 0 aromatic carbocycles. The molecule has 1 spiro atoms. The first kappa shape index (κ1) is 12.6. The van der Waals surface area contributed by atoms with Crippen LogP contribution in [0, 0.1) is 11.8 Å². The van der Waals surface area contributed by atoms with Crippen molar-refractivity contribution in [1.82, 2.24) is 0 Å². The van der Waals surface area contributed by atoms with E-state index in [0.717, 1.165) is 5.57 Å². The Morgan fingerprint density at radius 2 is 2.15 bits per heavy atom. The second-order valence-corrected chi connectivity index (χ2v) is 6.65. The molecule has 0 unspecified atom stereocenters. The summed E-state index contributed by atoms with van der Waals surface area (Å²) in [7, 11) is 0. The van der Waals surface area contributed by atoms with Gasteiger partial charge in [0.1, 0.15) is 23.4 Å². The van der Waals surface area contributed by atoms with Crippen molar-refractivity contribution >= 4 is 5.97 Å². The minimum atomic E-state index is -0.762. The molecule has 0 aromatic heterocycles. The Morgan fingerprint density at radius 1 is 1.45 bits per heavy atom. The van der Waals surface area contributed by atoms with Crippen LogP contribution in [0.4, 0.5) is 0 Å². The van der Waals surface area contributed by atoms with Gasteiger partial charge in [-0.2, -0.15) is 0 Å². The SMILES string of the molecule is C=C1C(=O)O[C@H]2[C@@H]1[C@@H](O)C[C@@]1(C)O[C@]13[C@H](O)C=C(C)[C@H]23. The van der Waals surface area contributed by atoms with E-state index in [-0.39, 0.29) is 5.92 Å². The number of carbonyl (C=O) groups is 1. The van der Waals surface area contributed by atoms with Crippen LogP contribution in [0.25, 0.3) is 0 Å². The second kappa shape index (κ2) is 3.35. The fourth-order valence-electron chi connectivity index (χ4n) is 4.68. The quantitative estimate of drug-likeness (QED) is 0.289. The van der Waals surface area contributed by atoms with Gasteiger partial charge in [-0.3, -0.25) is 0 Å². The summed E-state index contributed by atoms with van der Waals surface area (Å²) < 4.78 is 11.4. The van der Waals surface area contributed by atoms with Crippen molar-refractivity contribution in [2.75, 3.05) is 0 Å². The maximum atomic E-state index is 11.8. The van der Waals surface area contributed by atoms with Crippen molar-refractivity contribution in [3.63, 3.8) is 0 Å². The Kier molecular flexibility index (Phi) is 2.10. The second-order valence-electron chi connectivity index (χ2n) is 6.65. The van der Waals surface area contributed by atoms with Crippen LogP contribution in [0.5, 0.6) is 0 Å². The molecule has 4 rings (SSSR count). The summed E-state index contributed by atoms with van der Waals surface area (Å²) in [5.41, 5.74) is -0.0611. The maximum absolute atomic E-state index is 11.8. The van der Waals surface area contributed by atoms with Gasteiger partial charge in [-0.25, -0.2) is 4.79 Å². The smallest absolute Gasteiger partial charge is 0.334 e. The van der Waals surface area contributed by atoms with Crippen LogP contribution in [0.15, 0.2) is 23.8 Å². The first-order chi connectivity index (χ1) is 9.32. The third-order valence-electron chi connectivity index (χ3n) is 5.60. The maximum Gasteiger partial charge on any atom is 0.334 e. The van der Waals surface area contributed by atoms with Gasteiger partial charge in [0, 0.05) is 12.0 Å². The van der Waals surface area contributed by atoms with E-state index in [1.165, 1.54) is 0 Å². The largest absolute Gasteiger partial charge is 0.457 e. The third kappa shape index (κ3) is 1.14. The summed E-state index contributed by atoms with van der Waals surface area (Å²) in [4.78, 5) is 11.8. The number of fused-ring (bicyclic) bond motifs is 2. The van der Waals surface area contributed by atoms with Gasteiger partial charge in [-0.15, -0.1) is 0 Å². The minimum Gasteiger partial charge on any atom is -0.457 e. The van der Waals surface area contributed by atoms with E-state index in [9.17, 15) is 15.0 Å². The highest BCUT2D eigenvalue weighted by Crippen LogP contribution is 2.67. The summed E-state index contributed by atoms with van der Waals surface area (Å²) in [6.07, 6.45) is 0.186. The fraction of sp³-hybridized carbons (Fsp3) is 0.667. The minimum absolute atomic E-state index is 0.215. The van der Waals surface area contributed by atoms with E-state index < -0.39 is 41.4 Å². The molecule has 20 heavy (non-hydrogen) atoms. The molecule has 0 amide bonds. The van der Waals surface area contributed by atoms with Crippen LogP contribution in [0.2, 0.25) is 0 Å². The van der Waals surface area contributed by atoms with Crippen molar-refractivity contribution in [3.8, 4) is 0 Å². The zero-order valence-corrected chi connectivity index (χ0v) is 11.5. The van der Waals surface area contributed by atoms with E-state index >= 15 is 0 Å². The summed E-state index contributed by atoms with van der Waals surface area (Å²) in [6.45, 7) is 7.59. The molecule has 5 nitrogen and oxygen atoms in total. The van der Waals surface area contributed by atoms with E-state index in [0.29, 0.717) is 12.0 Å². The lowest BCUT2D eigenvalue weighted by Gasteiger charge is -2.28. The predicted molar refractivity (Wildman–Crippen MR) is 68.6 cm³/mol. The molecule has 2 aliphatic heterocycles. The Bertz CT molecular complexity index is 567. The van der Waals surface area contributed by atoms with Gasteiger partial charge < -0.3 is 19.7 Å². The zero-order valence-electron chi connectivity index (χ0n) is 11.5. The van der Waals surface area contributed by atoms with Gasteiger partial charge in [0.15, 0.2) is 0 Å². The number of ether oxygens (including phenoxy) is 2. The molecule has 2 saturated heterocycles. The van der Waals surface area contributed by atoms with Crippen LogP contribution in [0.3, 0.4) is 0 Å². The van der Waals surface area contributed by atoms with Crippen molar-refractivity contribution < 1.29 is 24.5 Å². The number of rotatable bonds is 0. The first-order valence-corrected chi connectivity index (χ1v) is 6.96. The number of hydrogen-bond donors (Lipinski definition) is 2. The Labute approximate surface area is 116 Å². The molecule has 108 valence electrons. The Morgan fingerprint density at radius 3 is 2.85 bits per heavy atom. The highest BCUT2D eigenvalue weighted by atomic mass is 16.6. The van der Waals surface area contributed by atoms with E-state index in [4.69, 9.17) is 9.47 Å². The number of carbonyl (C=O) groups excluding carboxylic acids is 1. The molecule has 0 radical (unpaired) electrons. The third-order valence-corrected chi connectivity index (χ3v) is 5.60. The highest BCUT2D eigenvalue weighted by molar-refractivity contribution is 5.91. The lowest BCUT2D eigenvalue weighted by molar-refractivity contribution is -0.142. The summed E-state index contributed by atoms with van der Waals surface area (Å²) in [5.74, 6) is -1.08. The van der Waals surface area contributed by atoms with Gasteiger partial charge in [-0.05, 0) is 13.8 Å². The average molecular weight is 278 g/mol. The van der Waals surface area contributed by atoms with Crippen molar-refractivity contribution in [2.45, 2.75) is 49.8 Å². The van der Waals surface area contributed by atoms with Gasteiger partial charge in [0.2, 0.25) is 0 Å². The molecule has 1 saturated carbocycles. The van der Waals surface area contributed by atoms with E-state index in [1.807, 2.05) is 13.8 Å². The number of aliphatic hydroxyl groups excluding tert-OH is 2. The van der Waals surface area contributed by atoms with Gasteiger partial charge in [-0.1, -0.05) is 18.2 Å². The van der Waals surface area contributed by atoms with Crippen molar-refractivity contribution in [2.24, 2.45) is 11.8 Å². The monoisotopic (exact) mass is 278 g/mol. The standard InChI is InChI=1S/C15H18O5/c1-6-4-9(17)15-11(6)12-10(7(2)13(18)19-12)8(16)5-14(15,3)20-15/h4,8-12,16-17H,2,5H2,1,3H3/t8-,9+,10-,11+,12-,14+,15-/m0/s1. The fourth-order valence-corrected chi connectivity index (χ4v) is 4.68. The zero-order chi connectivity index (χ0) is 14.4. The highest BCUT2D eigenvalue weighted by Gasteiger charge is 2.80. The molecule has 0 bridgehead atoms. The van der Waals surface area contributed by atoms with Crippen LogP contribution in [-0.4, -0.2) is 45.7 Å². The van der Waals surface area contributed by atoms with Crippen molar-refractivity contribution in [3.05, 3.63) is 23.8 Å². The number of esters is 1.